The van der Waals surface area contributed by atoms with E-state index in [4.69, 9.17) is 9.47 Å². The van der Waals surface area contributed by atoms with E-state index >= 15 is 0 Å². The van der Waals surface area contributed by atoms with E-state index in [1.54, 1.807) is 18.2 Å². The molecular formula is C15H20O4. The second-order valence-corrected chi connectivity index (χ2v) is 4.21. The monoisotopic (exact) mass is 264 g/mol. The molecule has 0 N–H and O–H groups in total. The summed E-state index contributed by atoms with van der Waals surface area (Å²) in [5, 5.41) is 0. The van der Waals surface area contributed by atoms with Gasteiger partial charge in [-0.2, -0.15) is 0 Å². The van der Waals surface area contributed by atoms with Crippen LogP contribution in [-0.2, 0) is 9.47 Å². The molecule has 0 saturated heterocycles. The summed E-state index contributed by atoms with van der Waals surface area (Å²) in [6, 6.07) is 6.41. The first kappa shape index (κ1) is 15.2. The predicted octanol–water partition coefficient (Wildman–Crippen LogP) is 3.21. The smallest absolute Gasteiger partial charge is 0.338 e. The van der Waals surface area contributed by atoms with Crippen LogP contribution in [0.15, 0.2) is 24.3 Å². The van der Waals surface area contributed by atoms with E-state index in [9.17, 15) is 9.59 Å². The van der Waals surface area contributed by atoms with Crippen molar-refractivity contribution in [1.29, 1.82) is 0 Å². The van der Waals surface area contributed by atoms with E-state index in [-0.39, 0.29) is 0 Å². The fourth-order valence-electron chi connectivity index (χ4n) is 1.44. The van der Waals surface area contributed by atoms with Gasteiger partial charge in [0.05, 0.1) is 24.3 Å². The van der Waals surface area contributed by atoms with E-state index in [1.807, 2.05) is 13.8 Å². The van der Waals surface area contributed by atoms with Gasteiger partial charge in [-0.1, -0.05) is 26.3 Å². The number of rotatable bonds is 7. The first-order chi connectivity index (χ1) is 9.19. The van der Waals surface area contributed by atoms with Crippen molar-refractivity contribution in [3.63, 3.8) is 0 Å². The first-order valence-corrected chi connectivity index (χ1v) is 6.63. The zero-order chi connectivity index (χ0) is 14.1. The van der Waals surface area contributed by atoms with Crippen LogP contribution in [0.5, 0.6) is 0 Å². The molecule has 1 aromatic rings. The largest absolute Gasteiger partial charge is 0.462 e. The van der Waals surface area contributed by atoms with Gasteiger partial charge < -0.3 is 9.47 Å². The number of benzene rings is 1. The van der Waals surface area contributed by atoms with E-state index in [0.29, 0.717) is 24.3 Å². The summed E-state index contributed by atoms with van der Waals surface area (Å²) < 4.78 is 10.1. The molecule has 0 aromatic heterocycles. The molecule has 0 amide bonds. The van der Waals surface area contributed by atoms with Crippen molar-refractivity contribution in [3.05, 3.63) is 35.4 Å². The molecule has 19 heavy (non-hydrogen) atoms. The van der Waals surface area contributed by atoms with Crippen molar-refractivity contribution in [2.75, 3.05) is 13.2 Å². The number of hydrogen-bond donors (Lipinski definition) is 0. The van der Waals surface area contributed by atoms with E-state index in [1.165, 1.54) is 6.07 Å². The average molecular weight is 264 g/mol. The Balaban J connectivity index is 2.65. The summed E-state index contributed by atoms with van der Waals surface area (Å²) in [6.45, 7) is 4.73. The van der Waals surface area contributed by atoms with Gasteiger partial charge in [-0.05, 0) is 31.0 Å². The van der Waals surface area contributed by atoms with Gasteiger partial charge in [-0.15, -0.1) is 0 Å². The van der Waals surface area contributed by atoms with Gasteiger partial charge in [0.15, 0.2) is 0 Å². The van der Waals surface area contributed by atoms with E-state index < -0.39 is 11.9 Å². The van der Waals surface area contributed by atoms with Crippen LogP contribution in [0.4, 0.5) is 0 Å². The fraction of sp³-hybridized carbons (Fsp3) is 0.467. The van der Waals surface area contributed by atoms with Crippen LogP contribution in [0.25, 0.3) is 0 Å². The van der Waals surface area contributed by atoms with Crippen LogP contribution in [0.3, 0.4) is 0 Å². The van der Waals surface area contributed by atoms with Crippen LogP contribution >= 0.6 is 0 Å². The molecule has 0 atom stereocenters. The molecule has 104 valence electrons. The molecule has 1 rings (SSSR count). The number of hydrogen-bond acceptors (Lipinski definition) is 4. The quantitative estimate of drug-likeness (QED) is 0.560. The zero-order valence-corrected chi connectivity index (χ0v) is 11.5. The number of ether oxygens (including phenoxy) is 2. The molecule has 0 bridgehead atoms. The fourth-order valence-corrected chi connectivity index (χ4v) is 1.44. The zero-order valence-electron chi connectivity index (χ0n) is 11.5. The highest BCUT2D eigenvalue weighted by Crippen LogP contribution is 2.09. The van der Waals surface area contributed by atoms with Crippen LogP contribution in [0.1, 0.15) is 53.8 Å². The van der Waals surface area contributed by atoms with Crippen molar-refractivity contribution < 1.29 is 19.1 Å². The van der Waals surface area contributed by atoms with E-state index in [0.717, 1.165) is 19.3 Å². The highest BCUT2D eigenvalue weighted by molar-refractivity contribution is 5.95. The van der Waals surface area contributed by atoms with Crippen LogP contribution in [0.2, 0.25) is 0 Å². The van der Waals surface area contributed by atoms with Crippen molar-refractivity contribution >= 4 is 11.9 Å². The van der Waals surface area contributed by atoms with Crippen LogP contribution in [-0.4, -0.2) is 25.2 Å². The highest BCUT2D eigenvalue weighted by atomic mass is 16.5. The maximum atomic E-state index is 11.7. The lowest BCUT2D eigenvalue weighted by atomic mass is 10.1. The Kier molecular flexibility index (Phi) is 6.64. The summed E-state index contributed by atoms with van der Waals surface area (Å²) in [5.74, 6) is -0.816. The minimum Gasteiger partial charge on any atom is -0.462 e. The summed E-state index contributed by atoms with van der Waals surface area (Å²) in [7, 11) is 0. The summed E-state index contributed by atoms with van der Waals surface area (Å²) in [6.07, 6.45) is 2.57. The Bertz CT molecular complexity index is 426. The van der Waals surface area contributed by atoms with Crippen molar-refractivity contribution in [2.45, 2.75) is 33.1 Å². The molecule has 0 heterocycles. The molecule has 0 saturated carbocycles. The molecule has 0 aliphatic heterocycles. The third-order valence-electron chi connectivity index (χ3n) is 2.50. The lowest BCUT2D eigenvalue weighted by Gasteiger charge is -2.06. The van der Waals surface area contributed by atoms with Crippen molar-refractivity contribution in [3.8, 4) is 0 Å². The Hall–Kier alpha value is -1.84. The predicted molar refractivity (Wildman–Crippen MR) is 72.2 cm³/mol. The topological polar surface area (TPSA) is 52.6 Å². The second kappa shape index (κ2) is 8.29. The Morgan fingerprint density at radius 2 is 1.53 bits per heavy atom. The first-order valence-electron chi connectivity index (χ1n) is 6.63. The van der Waals surface area contributed by atoms with Crippen LogP contribution < -0.4 is 0 Å². The minimum atomic E-state index is -0.412. The summed E-state index contributed by atoms with van der Waals surface area (Å²) >= 11 is 0. The minimum absolute atomic E-state index is 0.374. The van der Waals surface area contributed by atoms with Crippen molar-refractivity contribution in [2.24, 2.45) is 0 Å². The normalized spacial score (nSPS) is 10.0. The summed E-state index contributed by atoms with van der Waals surface area (Å²) in [5.41, 5.74) is 0.750. The van der Waals surface area contributed by atoms with Crippen molar-refractivity contribution in [1.82, 2.24) is 0 Å². The molecule has 0 fully saturated rings. The Labute approximate surface area is 113 Å². The maximum Gasteiger partial charge on any atom is 0.338 e. The van der Waals surface area contributed by atoms with Gasteiger partial charge in [0, 0.05) is 0 Å². The Morgan fingerprint density at radius 3 is 2.05 bits per heavy atom. The molecule has 0 aliphatic carbocycles. The average Bonchev–Trinajstić information content (AvgIpc) is 2.45. The third-order valence-corrected chi connectivity index (χ3v) is 2.50. The van der Waals surface area contributed by atoms with Crippen LogP contribution in [0, 0.1) is 0 Å². The van der Waals surface area contributed by atoms with Gasteiger partial charge in [0.2, 0.25) is 0 Å². The van der Waals surface area contributed by atoms with Gasteiger partial charge in [-0.25, -0.2) is 9.59 Å². The lowest BCUT2D eigenvalue weighted by Crippen LogP contribution is -2.10. The standard InChI is InChI=1S/C15H20O4/c1-3-5-10-19-15(17)13-8-6-7-12(11-13)14(16)18-9-4-2/h6-8,11H,3-5,9-10H2,1-2H3. The number of unbranched alkanes of at least 4 members (excludes halogenated alkanes) is 1. The maximum absolute atomic E-state index is 11.7. The van der Waals surface area contributed by atoms with Gasteiger partial charge in [-0.3, -0.25) is 0 Å². The summed E-state index contributed by atoms with van der Waals surface area (Å²) in [4.78, 5) is 23.4. The number of carbonyl (C=O) groups excluding carboxylic acids is 2. The molecule has 4 nitrogen and oxygen atoms in total. The molecule has 0 unspecified atom stereocenters. The SMILES string of the molecule is CCCCOC(=O)c1cccc(C(=O)OCCC)c1. The Morgan fingerprint density at radius 1 is 0.947 bits per heavy atom. The van der Waals surface area contributed by atoms with Gasteiger partial charge in [0.1, 0.15) is 0 Å². The molecule has 4 heteroatoms. The molecule has 0 spiro atoms. The molecule has 0 aliphatic rings. The molecular weight excluding hydrogens is 244 g/mol. The molecule has 0 radical (unpaired) electrons. The number of carbonyl (C=O) groups is 2. The second-order valence-electron chi connectivity index (χ2n) is 4.21. The molecule has 1 aromatic carbocycles. The number of esters is 2. The van der Waals surface area contributed by atoms with Gasteiger partial charge in [0.25, 0.3) is 0 Å². The van der Waals surface area contributed by atoms with E-state index in [2.05, 4.69) is 0 Å². The van der Waals surface area contributed by atoms with Gasteiger partial charge >= 0.3 is 11.9 Å². The highest BCUT2D eigenvalue weighted by Gasteiger charge is 2.12. The third kappa shape index (κ3) is 5.12. The lowest BCUT2D eigenvalue weighted by molar-refractivity contribution is 0.0499.